The van der Waals surface area contributed by atoms with E-state index in [2.05, 4.69) is 43.4 Å². The first-order chi connectivity index (χ1) is 17.9. The number of benzene rings is 2. The summed E-state index contributed by atoms with van der Waals surface area (Å²) in [5.74, 6) is 1.12. The molecular weight excluding hydrogens is 460 g/mol. The minimum Gasteiger partial charge on any atom is -0.385 e. The van der Waals surface area contributed by atoms with Crippen LogP contribution in [-0.2, 0) is 15.1 Å². The number of amides is 1. The van der Waals surface area contributed by atoms with Crippen LogP contribution >= 0.6 is 0 Å². The Bertz CT molecular complexity index is 948. The second kappa shape index (κ2) is 14.7. The molecular formula is C32H48N2O3. The Morgan fingerprint density at radius 1 is 1.14 bits per heavy atom. The van der Waals surface area contributed by atoms with E-state index in [1.165, 1.54) is 0 Å². The van der Waals surface area contributed by atoms with Gasteiger partial charge in [0.2, 0.25) is 5.91 Å². The van der Waals surface area contributed by atoms with Gasteiger partial charge in [-0.15, -0.1) is 0 Å². The van der Waals surface area contributed by atoms with Gasteiger partial charge in [0.05, 0.1) is 5.60 Å². The van der Waals surface area contributed by atoms with Crippen molar-refractivity contribution < 1.29 is 14.6 Å². The Morgan fingerprint density at radius 3 is 2.57 bits per heavy atom. The van der Waals surface area contributed by atoms with Crippen molar-refractivity contribution in [1.82, 2.24) is 10.2 Å². The number of unbranched alkanes of at least 4 members (excludes halogenated alkanes) is 1. The van der Waals surface area contributed by atoms with Crippen molar-refractivity contribution in [2.45, 2.75) is 64.4 Å². The number of aliphatic hydroxyl groups is 1. The van der Waals surface area contributed by atoms with Crippen molar-refractivity contribution in [1.29, 1.82) is 0 Å². The molecule has 1 amide bonds. The summed E-state index contributed by atoms with van der Waals surface area (Å²) >= 11 is 0. The van der Waals surface area contributed by atoms with E-state index in [0.29, 0.717) is 37.8 Å². The Labute approximate surface area is 224 Å². The van der Waals surface area contributed by atoms with Crippen LogP contribution in [-0.4, -0.2) is 56.3 Å². The Morgan fingerprint density at radius 2 is 1.86 bits per heavy atom. The van der Waals surface area contributed by atoms with E-state index >= 15 is 0 Å². The Kier molecular flexibility index (Phi) is 11.6. The lowest BCUT2D eigenvalue weighted by atomic mass is 9.72. The summed E-state index contributed by atoms with van der Waals surface area (Å²) in [6, 6.07) is 18.6. The third-order valence-corrected chi connectivity index (χ3v) is 7.84. The average Bonchev–Trinajstić information content (AvgIpc) is 2.91. The number of hydrogen-bond donors (Lipinski definition) is 2. The number of piperidine rings is 1. The summed E-state index contributed by atoms with van der Waals surface area (Å²) in [5.41, 5.74) is 2.15. The number of methoxy groups -OCH3 is 1. The van der Waals surface area contributed by atoms with Gasteiger partial charge in [-0.1, -0.05) is 68.4 Å². The van der Waals surface area contributed by atoms with Gasteiger partial charge in [-0.3, -0.25) is 4.79 Å². The van der Waals surface area contributed by atoms with Crippen LogP contribution in [0.2, 0.25) is 0 Å². The van der Waals surface area contributed by atoms with E-state index in [9.17, 15) is 9.90 Å². The van der Waals surface area contributed by atoms with E-state index in [-0.39, 0.29) is 11.8 Å². The SMILES string of the molecule is CNC[C@@H](CC(=O)N1CCC[C@@H]([C@@](O)(CCCCOC)c2ccccc2-c2ccccc2)C1)CC(C)C. The lowest BCUT2D eigenvalue weighted by Gasteiger charge is -2.44. The molecule has 1 saturated heterocycles. The van der Waals surface area contributed by atoms with Crippen LogP contribution in [0.15, 0.2) is 54.6 Å². The monoisotopic (exact) mass is 508 g/mol. The summed E-state index contributed by atoms with van der Waals surface area (Å²) in [4.78, 5) is 15.5. The number of hydrogen-bond acceptors (Lipinski definition) is 4. The zero-order valence-corrected chi connectivity index (χ0v) is 23.4. The van der Waals surface area contributed by atoms with Crippen LogP contribution in [0.3, 0.4) is 0 Å². The number of carbonyl (C=O) groups is 1. The minimum atomic E-state index is -1.01. The number of nitrogens with zero attached hydrogens (tertiary/aromatic N) is 1. The number of likely N-dealkylation sites (tertiary alicyclic amines) is 1. The molecule has 5 heteroatoms. The quantitative estimate of drug-likeness (QED) is 0.313. The highest BCUT2D eigenvalue weighted by Crippen LogP contribution is 2.43. The standard InChI is InChI=1S/C32H48N2O3/c1-25(2)21-26(23-33-3)22-31(35)34-19-12-15-28(24-34)32(36,18-10-11-20-37-4)30-17-9-8-16-29(30)27-13-6-5-7-14-27/h5-9,13-14,16-17,25-26,28,33,36H,10-12,15,18-24H2,1-4H3/t26-,28-,32+/m1/s1. The van der Waals surface area contributed by atoms with Crippen LogP contribution < -0.4 is 5.32 Å². The van der Waals surface area contributed by atoms with Crippen LogP contribution in [0.5, 0.6) is 0 Å². The average molecular weight is 509 g/mol. The second-order valence-electron chi connectivity index (χ2n) is 11.2. The van der Waals surface area contributed by atoms with Crippen LogP contribution in [0.1, 0.15) is 64.4 Å². The highest BCUT2D eigenvalue weighted by atomic mass is 16.5. The molecule has 2 N–H and O–H groups in total. The van der Waals surface area contributed by atoms with Crippen molar-refractivity contribution in [2.24, 2.45) is 17.8 Å². The minimum absolute atomic E-state index is 0.00884. The molecule has 204 valence electrons. The molecule has 0 spiro atoms. The summed E-state index contributed by atoms with van der Waals surface area (Å²) in [6.07, 6.45) is 5.88. The third kappa shape index (κ3) is 8.13. The van der Waals surface area contributed by atoms with Crippen molar-refractivity contribution in [3.05, 3.63) is 60.2 Å². The smallest absolute Gasteiger partial charge is 0.222 e. The summed E-state index contributed by atoms with van der Waals surface area (Å²) in [7, 11) is 3.69. The maximum absolute atomic E-state index is 13.5. The van der Waals surface area contributed by atoms with E-state index in [0.717, 1.165) is 61.9 Å². The molecule has 1 aliphatic rings. The summed E-state index contributed by atoms with van der Waals surface area (Å²) in [5, 5.41) is 15.8. The molecule has 0 bridgehead atoms. The van der Waals surface area contributed by atoms with Crippen molar-refractivity contribution >= 4 is 5.91 Å². The predicted molar refractivity (Wildman–Crippen MR) is 152 cm³/mol. The van der Waals surface area contributed by atoms with Gasteiger partial charge in [-0.25, -0.2) is 0 Å². The lowest BCUT2D eigenvalue weighted by Crippen LogP contribution is -2.48. The first-order valence-electron chi connectivity index (χ1n) is 14.2. The molecule has 0 unspecified atom stereocenters. The maximum atomic E-state index is 13.5. The summed E-state index contributed by atoms with van der Waals surface area (Å²) < 4.78 is 5.29. The van der Waals surface area contributed by atoms with Gasteiger partial charge in [0.15, 0.2) is 0 Å². The van der Waals surface area contributed by atoms with E-state index < -0.39 is 5.60 Å². The number of carbonyl (C=O) groups excluding carboxylic acids is 1. The highest BCUT2D eigenvalue weighted by molar-refractivity contribution is 5.76. The fourth-order valence-corrected chi connectivity index (χ4v) is 6.09. The molecule has 0 saturated carbocycles. The van der Waals surface area contributed by atoms with E-state index in [1.54, 1.807) is 7.11 Å². The van der Waals surface area contributed by atoms with Crippen molar-refractivity contribution in [2.75, 3.05) is 40.4 Å². The molecule has 3 atom stereocenters. The molecule has 1 heterocycles. The van der Waals surface area contributed by atoms with E-state index in [4.69, 9.17) is 4.74 Å². The summed E-state index contributed by atoms with van der Waals surface area (Å²) in [6.45, 7) is 7.37. The highest BCUT2D eigenvalue weighted by Gasteiger charge is 2.42. The van der Waals surface area contributed by atoms with Crippen molar-refractivity contribution in [3.63, 3.8) is 0 Å². The molecule has 0 radical (unpaired) electrons. The molecule has 37 heavy (non-hydrogen) atoms. The zero-order chi connectivity index (χ0) is 26.7. The van der Waals surface area contributed by atoms with Gasteiger partial charge in [0.25, 0.3) is 0 Å². The molecule has 5 nitrogen and oxygen atoms in total. The van der Waals surface area contributed by atoms with Gasteiger partial charge in [-0.05, 0) is 80.6 Å². The molecule has 3 rings (SSSR count). The number of rotatable bonds is 14. The predicted octanol–water partition coefficient (Wildman–Crippen LogP) is 5.87. The van der Waals surface area contributed by atoms with Gasteiger partial charge in [0, 0.05) is 39.1 Å². The van der Waals surface area contributed by atoms with Gasteiger partial charge in [0.1, 0.15) is 0 Å². The van der Waals surface area contributed by atoms with Crippen molar-refractivity contribution in [3.8, 4) is 11.1 Å². The van der Waals surface area contributed by atoms with Gasteiger partial charge < -0.3 is 20.1 Å². The number of nitrogens with one attached hydrogen (secondary N) is 1. The largest absolute Gasteiger partial charge is 0.385 e. The molecule has 1 fully saturated rings. The fourth-order valence-electron chi connectivity index (χ4n) is 6.09. The molecule has 1 aliphatic heterocycles. The molecule has 0 aromatic heterocycles. The fraction of sp³-hybridized carbons (Fsp3) is 0.594. The normalized spacial score (nSPS) is 18.5. The first kappa shape index (κ1) is 29.3. The molecule has 2 aromatic rings. The van der Waals surface area contributed by atoms with Crippen LogP contribution in [0.25, 0.3) is 11.1 Å². The second-order valence-corrected chi connectivity index (χ2v) is 11.2. The Hall–Kier alpha value is -2.21. The topological polar surface area (TPSA) is 61.8 Å². The molecule has 2 aromatic carbocycles. The lowest BCUT2D eigenvalue weighted by molar-refractivity contribution is -0.137. The number of ether oxygens (including phenoxy) is 1. The first-order valence-corrected chi connectivity index (χ1v) is 14.2. The third-order valence-electron chi connectivity index (χ3n) is 7.84. The zero-order valence-electron chi connectivity index (χ0n) is 23.4. The van der Waals surface area contributed by atoms with Crippen LogP contribution in [0, 0.1) is 17.8 Å². The van der Waals surface area contributed by atoms with Crippen LogP contribution in [0.4, 0.5) is 0 Å². The van der Waals surface area contributed by atoms with Gasteiger partial charge >= 0.3 is 0 Å². The Balaban J connectivity index is 1.87. The molecule has 0 aliphatic carbocycles. The maximum Gasteiger partial charge on any atom is 0.222 e. The van der Waals surface area contributed by atoms with E-state index in [1.807, 2.05) is 42.3 Å². The van der Waals surface area contributed by atoms with Gasteiger partial charge in [-0.2, -0.15) is 0 Å².